The van der Waals surface area contributed by atoms with Crippen LogP contribution in [0.2, 0.25) is 0 Å². The molecule has 1 N–H and O–H groups in total. The van der Waals surface area contributed by atoms with Gasteiger partial charge in [-0.1, -0.05) is 60.3 Å². The zero-order valence-corrected chi connectivity index (χ0v) is 19.6. The molecule has 4 aromatic rings. The van der Waals surface area contributed by atoms with Crippen LogP contribution in [0, 0.1) is 0 Å². The van der Waals surface area contributed by atoms with Crippen molar-refractivity contribution in [3.63, 3.8) is 0 Å². The van der Waals surface area contributed by atoms with Gasteiger partial charge in [-0.15, -0.1) is 21.5 Å². The van der Waals surface area contributed by atoms with E-state index >= 15 is 0 Å². The minimum Gasteiger partial charge on any atom is -0.465 e. The van der Waals surface area contributed by atoms with Crippen molar-refractivity contribution < 1.29 is 14.3 Å². The molecule has 0 saturated heterocycles. The summed E-state index contributed by atoms with van der Waals surface area (Å²) in [6.45, 7) is 0.996. The van der Waals surface area contributed by atoms with Gasteiger partial charge >= 0.3 is 5.97 Å². The number of ether oxygens (including phenoxy) is 1. The first kappa shape index (κ1) is 22.8. The number of thiophene rings is 1. The van der Waals surface area contributed by atoms with Crippen LogP contribution in [0.4, 0.5) is 0 Å². The molecule has 168 valence electrons. The van der Waals surface area contributed by atoms with Crippen LogP contribution in [0.3, 0.4) is 0 Å². The number of amides is 1. The van der Waals surface area contributed by atoms with E-state index in [4.69, 9.17) is 4.74 Å². The summed E-state index contributed by atoms with van der Waals surface area (Å²) in [5.74, 6) is 0.521. The monoisotopic (exact) mass is 478 g/mol. The summed E-state index contributed by atoms with van der Waals surface area (Å²) in [7, 11) is 1.35. The van der Waals surface area contributed by atoms with E-state index in [1.807, 2.05) is 40.3 Å². The molecule has 7 nitrogen and oxygen atoms in total. The van der Waals surface area contributed by atoms with Gasteiger partial charge in [-0.3, -0.25) is 9.36 Å². The van der Waals surface area contributed by atoms with E-state index in [1.54, 1.807) is 35.6 Å². The molecule has 33 heavy (non-hydrogen) atoms. The van der Waals surface area contributed by atoms with Crippen LogP contribution in [0.1, 0.15) is 21.5 Å². The fourth-order valence-corrected chi connectivity index (χ4v) is 4.64. The van der Waals surface area contributed by atoms with E-state index in [1.165, 1.54) is 18.9 Å². The molecule has 2 aromatic carbocycles. The maximum atomic E-state index is 12.5. The number of methoxy groups -OCH3 is 1. The summed E-state index contributed by atoms with van der Waals surface area (Å²) >= 11 is 2.97. The lowest BCUT2D eigenvalue weighted by atomic mass is 10.1. The second-order valence-corrected chi connectivity index (χ2v) is 9.00. The summed E-state index contributed by atoms with van der Waals surface area (Å²) in [6, 6.07) is 21.1. The lowest BCUT2D eigenvalue weighted by Gasteiger charge is -2.10. The SMILES string of the molecule is COC(=O)c1ccc(CNC(=O)CSc2nnc(-c3cccs3)n2Cc2ccccc2)cc1. The first-order chi connectivity index (χ1) is 16.1. The molecule has 4 rings (SSSR count). The molecule has 2 aromatic heterocycles. The molecular weight excluding hydrogens is 456 g/mol. The number of benzene rings is 2. The average Bonchev–Trinajstić information content (AvgIpc) is 3.52. The number of hydrogen-bond acceptors (Lipinski definition) is 7. The zero-order valence-electron chi connectivity index (χ0n) is 17.9. The smallest absolute Gasteiger partial charge is 0.337 e. The van der Waals surface area contributed by atoms with E-state index in [0.717, 1.165) is 21.8 Å². The van der Waals surface area contributed by atoms with E-state index in [9.17, 15) is 9.59 Å². The van der Waals surface area contributed by atoms with Gasteiger partial charge in [-0.25, -0.2) is 4.79 Å². The number of carbonyl (C=O) groups excluding carboxylic acids is 2. The quantitative estimate of drug-likeness (QED) is 0.286. The molecule has 0 unspecified atom stereocenters. The first-order valence-corrected chi connectivity index (χ1v) is 12.1. The van der Waals surface area contributed by atoms with Crippen LogP contribution in [0.15, 0.2) is 77.3 Å². The van der Waals surface area contributed by atoms with Crippen molar-refractivity contribution in [1.29, 1.82) is 0 Å². The second-order valence-electron chi connectivity index (χ2n) is 7.11. The van der Waals surface area contributed by atoms with Gasteiger partial charge in [-0.05, 0) is 34.7 Å². The topological polar surface area (TPSA) is 86.1 Å². The summed E-state index contributed by atoms with van der Waals surface area (Å²) in [4.78, 5) is 25.0. The summed E-state index contributed by atoms with van der Waals surface area (Å²) in [5, 5.41) is 14.3. The first-order valence-electron chi connectivity index (χ1n) is 10.2. The van der Waals surface area contributed by atoms with E-state index in [0.29, 0.717) is 23.8 Å². The lowest BCUT2D eigenvalue weighted by Crippen LogP contribution is -2.24. The Morgan fingerprint density at radius 3 is 2.48 bits per heavy atom. The van der Waals surface area contributed by atoms with Crippen LogP contribution in [0.25, 0.3) is 10.7 Å². The van der Waals surface area contributed by atoms with Crippen molar-refractivity contribution >= 4 is 35.0 Å². The largest absolute Gasteiger partial charge is 0.465 e. The van der Waals surface area contributed by atoms with Crippen LogP contribution < -0.4 is 5.32 Å². The third kappa shape index (κ3) is 5.88. The minimum absolute atomic E-state index is 0.107. The number of nitrogens with zero attached hydrogens (tertiary/aromatic N) is 3. The number of aromatic nitrogens is 3. The minimum atomic E-state index is -0.386. The molecule has 0 fully saturated rings. The number of nitrogens with one attached hydrogen (secondary N) is 1. The maximum absolute atomic E-state index is 12.5. The van der Waals surface area contributed by atoms with Gasteiger partial charge in [0.2, 0.25) is 5.91 Å². The van der Waals surface area contributed by atoms with Gasteiger partial charge in [-0.2, -0.15) is 0 Å². The van der Waals surface area contributed by atoms with Crippen LogP contribution in [0.5, 0.6) is 0 Å². The number of hydrogen-bond donors (Lipinski definition) is 1. The maximum Gasteiger partial charge on any atom is 0.337 e. The predicted octanol–water partition coefficient (Wildman–Crippen LogP) is 4.25. The van der Waals surface area contributed by atoms with E-state index in [-0.39, 0.29) is 17.6 Å². The Labute approximate surface area is 199 Å². The van der Waals surface area contributed by atoms with Crippen molar-refractivity contribution in [2.45, 2.75) is 18.2 Å². The molecular formula is C24H22N4O3S2. The number of thioether (sulfide) groups is 1. The van der Waals surface area contributed by atoms with Crippen molar-refractivity contribution in [3.05, 3.63) is 88.8 Å². The highest BCUT2D eigenvalue weighted by Gasteiger charge is 2.17. The Bertz CT molecular complexity index is 1210. The molecule has 0 aliphatic carbocycles. The summed E-state index contributed by atoms with van der Waals surface area (Å²) in [6.07, 6.45) is 0. The fraction of sp³-hybridized carbons (Fsp3) is 0.167. The molecule has 0 radical (unpaired) electrons. The van der Waals surface area contributed by atoms with Gasteiger partial charge in [0, 0.05) is 6.54 Å². The van der Waals surface area contributed by atoms with Crippen molar-refractivity contribution in [2.24, 2.45) is 0 Å². The highest BCUT2D eigenvalue weighted by Crippen LogP contribution is 2.28. The zero-order chi connectivity index (χ0) is 23.0. The van der Waals surface area contributed by atoms with Gasteiger partial charge in [0.25, 0.3) is 0 Å². The highest BCUT2D eigenvalue weighted by molar-refractivity contribution is 7.99. The van der Waals surface area contributed by atoms with E-state index < -0.39 is 0 Å². The summed E-state index contributed by atoms with van der Waals surface area (Å²) in [5.41, 5.74) is 2.51. The molecule has 0 spiro atoms. The van der Waals surface area contributed by atoms with Crippen molar-refractivity contribution in [2.75, 3.05) is 12.9 Å². The number of rotatable bonds is 9. The molecule has 9 heteroatoms. The van der Waals surface area contributed by atoms with Gasteiger partial charge in [0.15, 0.2) is 11.0 Å². The third-order valence-electron chi connectivity index (χ3n) is 4.84. The van der Waals surface area contributed by atoms with Crippen molar-refractivity contribution in [1.82, 2.24) is 20.1 Å². The summed E-state index contributed by atoms with van der Waals surface area (Å²) < 4.78 is 6.74. The number of carbonyl (C=O) groups is 2. The fourth-order valence-electron chi connectivity index (χ4n) is 3.15. The van der Waals surface area contributed by atoms with E-state index in [2.05, 4.69) is 27.6 Å². The van der Waals surface area contributed by atoms with Crippen molar-refractivity contribution in [3.8, 4) is 10.7 Å². The molecule has 0 bridgehead atoms. The van der Waals surface area contributed by atoms with Crippen LogP contribution >= 0.6 is 23.1 Å². The molecule has 2 heterocycles. The molecule has 0 aliphatic rings. The Morgan fingerprint density at radius 1 is 1.00 bits per heavy atom. The molecule has 0 atom stereocenters. The molecule has 0 aliphatic heterocycles. The normalized spacial score (nSPS) is 10.7. The molecule has 1 amide bonds. The Morgan fingerprint density at radius 2 is 1.79 bits per heavy atom. The third-order valence-corrected chi connectivity index (χ3v) is 6.67. The van der Waals surface area contributed by atoms with Gasteiger partial charge in [0.1, 0.15) is 0 Å². The Hall–Kier alpha value is -3.43. The number of esters is 1. The predicted molar refractivity (Wildman–Crippen MR) is 129 cm³/mol. The standard InChI is InChI=1S/C24H22N4O3S2/c1-31-23(30)19-11-9-17(10-12-19)14-25-21(29)16-33-24-27-26-22(20-8-5-13-32-20)28(24)15-18-6-3-2-4-7-18/h2-13H,14-16H2,1H3,(H,25,29). The van der Waals surface area contributed by atoms with Crippen LogP contribution in [-0.2, 0) is 22.6 Å². The lowest BCUT2D eigenvalue weighted by molar-refractivity contribution is -0.118. The van der Waals surface area contributed by atoms with Crippen LogP contribution in [-0.4, -0.2) is 39.5 Å². The van der Waals surface area contributed by atoms with Gasteiger partial charge in [0.05, 0.1) is 29.8 Å². The Balaban J connectivity index is 1.39. The van der Waals surface area contributed by atoms with Gasteiger partial charge < -0.3 is 10.1 Å². The second kappa shape index (κ2) is 10.9. The average molecular weight is 479 g/mol. The highest BCUT2D eigenvalue weighted by atomic mass is 32.2. The Kier molecular flexibility index (Phi) is 7.54. The molecule has 0 saturated carbocycles.